The monoisotopic (exact) mass is 645 g/mol. The van der Waals surface area contributed by atoms with Crippen LogP contribution in [0.1, 0.15) is 37.3 Å². The number of hydrogen-bond donors (Lipinski definition) is 1. The highest BCUT2D eigenvalue weighted by Gasteiger charge is 2.33. The van der Waals surface area contributed by atoms with Crippen molar-refractivity contribution in [1.82, 2.24) is 14.5 Å². The molecule has 1 atom stereocenters. The van der Waals surface area contributed by atoms with Crippen LogP contribution in [0.4, 0.5) is 0 Å². The lowest BCUT2D eigenvalue weighted by Gasteiger charge is -2.42. The summed E-state index contributed by atoms with van der Waals surface area (Å²) in [4.78, 5) is 14.8. The summed E-state index contributed by atoms with van der Waals surface area (Å²) in [5.74, 6) is 0.801. The second kappa shape index (κ2) is 15.3. The number of amides is 1. The van der Waals surface area contributed by atoms with Gasteiger partial charge in [-0.25, -0.2) is 8.42 Å². The number of halogens is 3. The number of sulfonamides is 1. The van der Waals surface area contributed by atoms with Crippen molar-refractivity contribution in [2.24, 2.45) is 11.8 Å². The minimum absolute atomic E-state index is 0.0284. The first-order chi connectivity index (χ1) is 19.7. The first kappa shape index (κ1) is 32.5. The number of morpholine rings is 1. The Morgan fingerprint density at radius 1 is 1.07 bits per heavy atom. The quantitative estimate of drug-likeness (QED) is 0.316. The summed E-state index contributed by atoms with van der Waals surface area (Å²) in [7, 11) is -2.56. The molecule has 0 spiro atoms. The summed E-state index contributed by atoms with van der Waals surface area (Å²) >= 11 is 18.1. The molecule has 41 heavy (non-hydrogen) atoms. The van der Waals surface area contributed by atoms with Gasteiger partial charge >= 0.3 is 0 Å². The van der Waals surface area contributed by atoms with Gasteiger partial charge in [0.1, 0.15) is 11.5 Å². The lowest BCUT2D eigenvalue weighted by atomic mass is 9.76. The van der Waals surface area contributed by atoms with Crippen LogP contribution in [0.5, 0.6) is 0 Å². The Balaban J connectivity index is 1.18. The van der Waals surface area contributed by atoms with Crippen LogP contribution in [0.25, 0.3) is 0 Å². The van der Waals surface area contributed by atoms with E-state index in [4.69, 9.17) is 44.3 Å². The summed E-state index contributed by atoms with van der Waals surface area (Å²) in [5, 5.41) is 3.12. The molecule has 1 amide bonds. The van der Waals surface area contributed by atoms with Crippen LogP contribution >= 0.6 is 34.8 Å². The zero-order chi connectivity index (χ0) is 29.4. The summed E-state index contributed by atoms with van der Waals surface area (Å²) in [6.07, 6.45) is 4.38. The highest BCUT2D eigenvalue weighted by Crippen LogP contribution is 2.40. The van der Waals surface area contributed by atoms with Gasteiger partial charge < -0.3 is 14.8 Å². The maximum Gasteiger partial charge on any atom is 0.246 e. The van der Waals surface area contributed by atoms with Crippen molar-refractivity contribution >= 4 is 50.7 Å². The molecule has 1 N–H and O–H groups in total. The molecule has 8 nitrogen and oxygen atoms in total. The number of carbonyl (C=O) groups excluding carboxylic acids is 1. The van der Waals surface area contributed by atoms with Gasteiger partial charge in [-0.05, 0) is 55.2 Å². The third-order valence-corrected chi connectivity index (χ3v) is 10.9. The van der Waals surface area contributed by atoms with Crippen LogP contribution in [0, 0.1) is 11.8 Å². The standard InChI is InChI=1S/C29H38Cl3N3O5S/c1-34(41(37,38)29-25(31)17-24(30)18-26(29)32)11-14-40-20-27(36)33-19-21-7-9-23(10-8-21)28(22-5-3-2-4-6-22)35-12-15-39-16-13-35/h2-6,17-18,21,23,28H,7-16,19-20H2,1H3,(H,33,36). The number of rotatable bonds is 12. The molecule has 1 saturated heterocycles. The molecular formula is C29H38Cl3N3O5S. The first-order valence-electron chi connectivity index (χ1n) is 14.0. The summed E-state index contributed by atoms with van der Waals surface area (Å²) in [6.45, 7) is 4.02. The van der Waals surface area contributed by atoms with E-state index in [1.54, 1.807) is 0 Å². The Morgan fingerprint density at radius 3 is 2.34 bits per heavy atom. The number of ether oxygens (including phenoxy) is 2. The third kappa shape index (κ3) is 8.80. The normalized spacial score (nSPS) is 21.1. The molecule has 4 rings (SSSR count). The first-order valence-corrected chi connectivity index (χ1v) is 16.6. The largest absolute Gasteiger partial charge is 0.379 e. The van der Waals surface area contributed by atoms with Crippen molar-refractivity contribution in [3.05, 3.63) is 63.1 Å². The van der Waals surface area contributed by atoms with E-state index in [0.717, 1.165) is 56.3 Å². The van der Waals surface area contributed by atoms with Gasteiger partial charge in [-0.15, -0.1) is 0 Å². The van der Waals surface area contributed by atoms with E-state index >= 15 is 0 Å². The molecule has 2 fully saturated rings. The summed E-state index contributed by atoms with van der Waals surface area (Å²) in [5.41, 5.74) is 1.38. The lowest BCUT2D eigenvalue weighted by Crippen LogP contribution is -2.43. The van der Waals surface area contributed by atoms with E-state index in [-0.39, 0.29) is 45.6 Å². The zero-order valence-corrected chi connectivity index (χ0v) is 26.3. The molecule has 1 unspecified atom stereocenters. The topological polar surface area (TPSA) is 88.2 Å². The molecule has 1 aliphatic carbocycles. The van der Waals surface area contributed by atoms with E-state index < -0.39 is 10.0 Å². The van der Waals surface area contributed by atoms with Crippen LogP contribution in [0.2, 0.25) is 15.1 Å². The van der Waals surface area contributed by atoms with Crippen LogP contribution in [-0.2, 0) is 24.3 Å². The second-order valence-electron chi connectivity index (χ2n) is 10.7. The molecule has 0 radical (unpaired) electrons. The van der Waals surface area contributed by atoms with Crippen molar-refractivity contribution in [1.29, 1.82) is 0 Å². The Bertz CT molecular complexity index is 1230. The smallest absolute Gasteiger partial charge is 0.246 e. The molecule has 0 bridgehead atoms. The van der Waals surface area contributed by atoms with Crippen LogP contribution in [0.3, 0.4) is 0 Å². The molecule has 226 valence electrons. The molecule has 1 heterocycles. The number of likely N-dealkylation sites (N-methyl/N-ethyl adjacent to an activating group) is 1. The van der Waals surface area contributed by atoms with Crippen LogP contribution in [-0.4, -0.2) is 83.2 Å². The van der Waals surface area contributed by atoms with Gasteiger partial charge in [0.15, 0.2) is 0 Å². The number of benzene rings is 2. The van der Waals surface area contributed by atoms with Crippen LogP contribution < -0.4 is 5.32 Å². The predicted molar refractivity (Wildman–Crippen MR) is 162 cm³/mol. The minimum atomic E-state index is -3.96. The Hall–Kier alpha value is -1.43. The van der Waals surface area contributed by atoms with Gasteiger partial charge in [-0.2, -0.15) is 4.31 Å². The molecule has 2 aliphatic rings. The average Bonchev–Trinajstić information content (AvgIpc) is 2.95. The van der Waals surface area contributed by atoms with Gasteiger partial charge in [0.05, 0.1) is 29.9 Å². The molecule has 0 aromatic heterocycles. The number of hydrogen-bond acceptors (Lipinski definition) is 6. The van der Waals surface area contributed by atoms with Crippen molar-refractivity contribution < 1.29 is 22.7 Å². The van der Waals surface area contributed by atoms with E-state index in [9.17, 15) is 13.2 Å². The van der Waals surface area contributed by atoms with Gasteiger partial charge in [0, 0.05) is 44.3 Å². The van der Waals surface area contributed by atoms with E-state index in [1.165, 1.54) is 24.7 Å². The minimum Gasteiger partial charge on any atom is -0.379 e. The van der Waals surface area contributed by atoms with E-state index in [1.807, 2.05) is 0 Å². The SMILES string of the molecule is CN(CCOCC(=O)NCC1CCC(C(c2ccccc2)N2CCOCC2)CC1)S(=O)(=O)c1c(Cl)cc(Cl)cc1Cl. The van der Waals surface area contributed by atoms with E-state index in [0.29, 0.717) is 24.4 Å². The molecule has 1 aliphatic heterocycles. The molecule has 1 saturated carbocycles. The highest BCUT2D eigenvalue weighted by atomic mass is 35.5. The Morgan fingerprint density at radius 2 is 1.71 bits per heavy atom. The third-order valence-electron chi connectivity index (χ3n) is 7.92. The number of nitrogens with one attached hydrogen (secondary N) is 1. The van der Waals surface area contributed by atoms with Gasteiger partial charge in [0.2, 0.25) is 15.9 Å². The van der Waals surface area contributed by atoms with Gasteiger partial charge in [-0.3, -0.25) is 9.69 Å². The van der Waals surface area contributed by atoms with Crippen LogP contribution in [0.15, 0.2) is 47.4 Å². The fourth-order valence-corrected chi connectivity index (χ4v) is 8.35. The van der Waals surface area contributed by atoms with Crippen molar-refractivity contribution in [2.45, 2.75) is 36.6 Å². The lowest BCUT2D eigenvalue weighted by molar-refractivity contribution is -0.126. The molecule has 2 aromatic carbocycles. The molecular weight excluding hydrogens is 609 g/mol. The van der Waals surface area contributed by atoms with Crippen molar-refractivity contribution in [2.75, 3.05) is 59.7 Å². The van der Waals surface area contributed by atoms with Crippen molar-refractivity contribution in [3.8, 4) is 0 Å². The summed E-state index contributed by atoms with van der Waals surface area (Å²) < 4.78 is 37.9. The fourth-order valence-electron chi connectivity index (χ4n) is 5.71. The Labute approximate surface area is 258 Å². The average molecular weight is 647 g/mol. The highest BCUT2D eigenvalue weighted by molar-refractivity contribution is 7.89. The Kier molecular flexibility index (Phi) is 12.2. The van der Waals surface area contributed by atoms with E-state index in [2.05, 4.69) is 40.5 Å². The number of nitrogens with zero attached hydrogens (tertiary/aromatic N) is 2. The van der Waals surface area contributed by atoms with Gasteiger partial charge in [-0.1, -0.05) is 65.1 Å². The van der Waals surface area contributed by atoms with Gasteiger partial charge in [0.25, 0.3) is 0 Å². The maximum atomic E-state index is 12.9. The zero-order valence-electron chi connectivity index (χ0n) is 23.2. The predicted octanol–water partition coefficient (Wildman–Crippen LogP) is 5.28. The fraction of sp³-hybridized carbons (Fsp3) is 0.552. The van der Waals surface area contributed by atoms with Crippen molar-refractivity contribution in [3.63, 3.8) is 0 Å². The summed E-state index contributed by atoms with van der Waals surface area (Å²) in [6, 6.07) is 13.8. The molecule has 2 aromatic rings. The number of carbonyl (C=O) groups is 1. The second-order valence-corrected chi connectivity index (χ2v) is 13.9. The molecule has 12 heteroatoms. The maximum absolute atomic E-state index is 12.9.